The Hall–Kier alpha value is -2.70. The van der Waals surface area contributed by atoms with Crippen LogP contribution in [0.15, 0.2) is 54.6 Å². The lowest BCUT2D eigenvalue weighted by Crippen LogP contribution is -3.10. The molecule has 3 aromatic rings. The zero-order chi connectivity index (χ0) is 19.3. The molecular weight excluding hydrogens is 370 g/mol. The number of fused-ring (bicyclic) bond motifs is 1. The van der Waals surface area contributed by atoms with Crippen molar-refractivity contribution in [3.63, 3.8) is 0 Å². The van der Waals surface area contributed by atoms with E-state index in [4.69, 9.17) is 4.74 Å². The number of carbonyl (C=O) groups is 1. The maximum atomic E-state index is 12.5. The minimum atomic E-state index is -0.0657. The predicted octanol–water partition coefficient (Wildman–Crippen LogP) is 2.47. The molecule has 2 aromatic carbocycles. The average molecular weight is 395 g/mol. The normalized spacial score (nSPS) is 15.7. The molecule has 1 aliphatic rings. The van der Waals surface area contributed by atoms with Crippen molar-refractivity contribution in [1.29, 1.82) is 0 Å². The van der Waals surface area contributed by atoms with Crippen molar-refractivity contribution in [2.24, 2.45) is 0 Å². The van der Waals surface area contributed by atoms with Gasteiger partial charge in [0.05, 0.1) is 30.6 Å². The summed E-state index contributed by atoms with van der Waals surface area (Å²) in [6, 6.07) is 18.2. The van der Waals surface area contributed by atoms with Gasteiger partial charge in [0, 0.05) is 17.5 Å². The molecule has 144 valence electrons. The van der Waals surface area contributed by atoms with E-state index in [-0.39, 0.29) is 12.3 Å². The summed E-state index contributed by atoms with van der Waals surface area (Å²) < 4.78 is 5.33. The second kappa shape index (κ2) is 8.54. The van der Waals surface area contributed by atoms with Gasteiger partial charge in [0.1, 0.15) is 18.8 Å². The van der Waals surface area contributed by atoms with Crippen LogP contribution >= 0.6 is 11.3 Å². The molecule has 0 fully saturated rings. The van der Waals surface area contributed by atoms with Gasteiger partial charge in [-0.25, -0.2) is 4.98 Å². The monoisotopic (exact) mass is 394 g/mol. The fourth-order valence-electron chi connectivity index (χ4n) is 3.60. The topological polar surface area (TPSA) is 55.7 Å². The molecule has 6 heteroatoms. The number of aromatic nitrogens is 1. The van der Waals surface area contributed by atoms with Crippen LogP contribution in [0.1, 0.15) is 21.7 Å². The van der Waals surface area contributed by atoms with Crippen LogP contribution in [0.25, 0.3) is 0 Å². The Kier molecular flexibility index (Phi) is 5.69. The van der Waals surface area contributed by atoms with Crippen molar-refractivity contribution in [3.8, 4) is 5.75 Å². The van der Waals surface area contributed by atoms with Gasteiger partial charge >= 0.3 is 0 Å². The summed E-state index contributed by atoms with van der Waals surface area (Å²) in [5.74, 6) is 0.667. The first-order valence-corrected chi connectivity index (χ1v) is 10.3. The summed E-state index contributed by atoms with van der Waals surface area (Å²) in [6.45, 7) is 3.05. The molecule has 2 heterocycles. The Labute approximate surface area is 169 Å². The third-order valence-electron chi connectivity index (χ3n) is 4.99. The van der Waals surface area contributed by atoms with Crippen LogP contribution in [-0.2, 0) is 30.7 Å². The van der Waals surface area contributed by atoms with E-state index in [1.165, 1.54) is 15.3 Å². The number of hydrogen-bond donors (Lipinski definition) is 2. The van der Waals surface area contributed by atoms with Crippen LogP contribution in [0.5, 0.6) is 5.75 Å². The van der Waals surface area contributed by atoms with Crippen molar-refractivity contribution in [2.45, 2.75) is 25.9 Å². The van der Waals surface area contributed by atoms with Crippen LogP contribution in [0.4, 0.5) is 5.13 Å². The summed E-state index contributed by atoms with van der Waals surface area (Å²) in [6.07, 6.45) is 1.23. The van der Waals surface area contributed by atoms with E-state index in [1.807, 2.05) is 24.3 Å². The number of carbonyl (C=O) groups excluding carboxylic acids is 1. The van der Waals surface area contributed by atoms with E-state index in [1.54, 1.807) is 18.4 Å². The number of amides is 1. The van der Waals surface area contributed by atoms with Crippen LogP contribution in [-0.4, -0.2) is 24.5 Å². The van der Waals surface area contributed by atoms with Gasteiger partial charge in [-0.1, -0.05) is 59.9 Å². The first kappa shape index (κ1) is 18.7. The number of nitrogens with zero attached hydrogens (tertiary/aromatic N) is 1. The van der Waals surface area contributed by atoms with Gasteiger partial charge in [0.2, 0.25) is 5.91 Å². The number of ether oxygens (including phenoxy) is 1. The molecule has 0 saturated carbocycles. The molecule has 1 aromatic heterocycles. The molecule has 4 rings (SSSR count). The molecule has 1 aliphatic heterocycles. The van der Waals surface area contributed by atoms with E-state index < -0.39 is 0 Å². The number of methoxy groups -OCH3 is 1. The van der Waals surface area contributed by atoms with Crippen molar-refractivity contribution in [1.82, 2.24) is 4.98 Å². The van der Waals surface area contributed by atoms with E-state index >= 15 is 0 Å². The zero-order valence-corrected chi connectivity index (χ0v) is 16.7. The lowest BCUT2D eigenvalue weighted by molar-refractivity contribution is -0.929. The number of hydrogen-bond acceptors (Lipinski definition) is 4. The van der Waals surface area contributed by atoms with Gasteiger partial charge < -0.3 is 15.0 Å². The van der Waals surface area contributed by atoms with Gasteiger partial charge in [-0.3, -0.25) is 4.79 Å². The molecule has 1 amide bonds. The van der Waals surface area contributed by atoms with Crippen LogP contribution < -0.4 is 15.0 Å². The molecule has 28 heavy (non-hydrogen) atoms. The molecule has 0 saturated heterocycles. The Morgan fingerprint density at radius 1 is 1.18 bits per heavy atom. The highest BCUT2D eigenvalue weighted by atomic mass is 32.1. The molecule has 1 atom stereocenters. The van der Waals surface area contributed by atoms with Crippen LogP contribution in [0, 0.1) is 0 Å². The first-order valence-electron chi connectivity index (χ1n) is 9.49. The highest BCUT2D eigenvalue weighted by molar-refractivity contribution is 7.15. The molecule has 0 radical (unpaired) electrons. The maximum absolute atomic E-state index is 12.5. The predicted molar refractivity (Wildman–Crippen MR) is 111 cm³/mol. The maximum Gasteiger partial charge on any atom is 0.230 e. The lowest BCUT2D eigenvalue weighted by Gasteiger charge is -2.22. The van der Waals surface area contributed by atoms with Crippen molar-refractivity contribution >= 4 is 22.4 Å². The van der Waals surface area contributed by atoms with Crippen molar-refractivity contribution < 1.29 is 14.4 Å². The summed E-state index contributed by atoms with van der Waals surface area (Å²) in [5.41, 5.74) is 3.37. The second-order valence-corrected chi connectivity index (χ2v) is 8.10. The number of thiazole rings is 1. The molecular formula is C22H24N3O2S+. The van der Waals surface area contributed by atoms with Gasteiger partial charge in [-0.2, -0.15) is 0 Å². The fourth-order valence-corrected chi connectivity index (χ4v) is 4.70. The smallest absolute Gasteiger partial charge is 0.230 e. The Morgan fingerprint density at radius 3 is 2.79 bits per heavy atom. The summed E-state index contributed by atoms with van der Waals surface area (Å²) in [5, 5.41) is 3.67. The Bertz CT molecular complexity index is 955. The second-order valence-electron chi connectivity index (χ2n) is 7.01. The molecule has 1 unspecified atom stereocenters. The van der Waals surface area contributed by atoms with Crippen molar-refractivity contribution in [2.75, 3.05) is 19.0 Å². The molecule has 2 N–H and O–H groups in total. The van der Waals surface area contributed by atoms with Crippen molar-refractivity contribution in [3.05, 3.63) is 76.3 Å². The largest absolute Gasteiger partial charge is 0.496 e. The van der Waals surface area contributed by atoms with Gasteiger partial charge in [0.25, 0.3) is 0 Å². The SMILES string of the molecule is COc1ccccc1CC(=O)Nc1nc2c(s1)C[NH+](Cc1ccccc1)CC2. The van der Waals surface area contributed by atoms with Gasteiger partial charge in [0.15, 0.2) is 5.13 Å². The quantitative estimate of drug-likeness (QED) is 0.675. The molecule has 0 bridgehead atoms. The third-order valence-corrected chi connectivity index (χ3v) is 6.00. The van der Waals surface area contributed by atoms with Gasteiger partial charge in [-0.15, -0.1) is 0 Å². The van der Waals surface area contributed by atoms with Gasteiger partial charge in [-0.05, 0) is 6.07 Å². The third kappa shape index (κ3) is 4.40. The Morgan fingerprint density at radius 2 is 1.96 bits per heavy atom. The summed E-state index contributed by atoms with van der Waals surface area (Å²) >= 11 is 1.60. The molecule has 0 spiro atoms. The molecule has 0 aliphatic carbocycles. The fraction of sp³-hybridized carbons (Fsp3) is 0.273. The zero-order valence-electron chi connectivity index (χ0n) is 15.9. The number of anilines is 1. The summed E-state index contributed by atoms with van der Waals surface area (Å²) in [7, 11) is 1.62. The van der Waals surface area contributed by atoms with Crippen LogP contribution in [0.3, 0.4) is 0 Å². The number of para-hydroxylation sites is 1. The van der Waals surface area contributed by atoms with Crippen LogP contribution in [0.2, 0.25) is 0 Å². The lowest BCUT2D eigenvalue weighted by atomic mass is 10.1. The number of benzene rings is 2. The first-order chi connectivity index (χ1) is 13.7. The average Bonchev–Trinajstić information content (AvgIpc) is 3.10. The summed E-state index contributed by atoms with van der Waals surface area (Å²) in [4.78, 5) is 19.9. The number of quaternary nitrogens is 1. The standard InChI is InChI=1S/C22H23N3O2S/c1-27-19-10-6-5-9-17(19)13-21(26)24-22-23-18-11-12-25(15-20(18)28-22)14-16-7-3-2-4-8-16/h2-10H,11-15H2,1H3,(H,23,24,26)/p+1. The highest BCUT2D eigenvalue weighted by Crippen LogP contribution is 2.25. The minimum Gasteiger partial charge on any atom is -0.496 e. The molecule has 5 nitrogen and oxygen atoms in total. The number of rotatable bonds is 6. The van der Waals surface area contributed by atoms with E-state index in [0.29, 0.717) is 5.13 Å². The van der Waals surface area contributed by atoms with E-state index in [9.17, 15) is 4.79 Å². The number of nitrogens with one attached hydrogen (secondary N) is 2. The highest BCUT2D eigenvalue weighted by Gasteiger charge is 2.24. The Balaban J connectivity index is 1.38. The van der Waals surface area contributed by atoms with E-state index in [0.717, 1.165) is 43.1 Å². The minimum absolute atomic E-state index is 0.0657. The van der Waals surface area contributed by atoms with E-state index in [2.05, 4.69) is 40.6 Å².